The molecule has 188 valence electrons. The average molecular weight is 513 g/mol. The van der Waals surface area contributed by atoms with Gasteiger partial charge in [0, 0.05) is 23.2 Å². The summed E-state index contributed by atoms with van der Waals surface area (Å²) in [6, 6.07) is 42.6. The predicted molar refractivity (Wildman–Crippen MR) is 165 cm³/mol. The van der Waals surface area contributed by atoms with Gasteiger partial charge in [0.1, 0.15) is 11.6 Å². The molecule has 8 rings (SSSR count). The summed E-state index contributed by atoms with van der Waals surface area (Å²) in [5, 5.41) is 2.44. The van der Waals surface area contributed by atoms with Crippen molar-refractivity contribution in [3.05, 3.63) is 145 Å². The van der Waals surface area contributed by atoms with E-state index in [2.05, 4.69) is 119 Å². The highest BCUT2D eigenvalue weighted by atomic mass is 15.2. The Balaban J connectivity index is 1.35. The van der Waals surface area contributed by atoms with Crippen molar-refractivity contribution in [3.8, 4) is 16.9 Å². The van der Waals surface area contributed by atoms with Crippen LogP contribution in [0, 0.1) is 0 Å². The van der Waals surface area contributed by atoms with Gasteiger partial charge in [0.25, 0.3) is 0 Å². The Labute approximate surface area is 232 Å². The Morgan fingerprint density at radius 1 is 0.450 bits per heavy atom. The Hall–Kier alpha value is -5.48. The maximum Gasteiger partial charge on any atom is 0.137 e. The molecular formula is C36H24N4. The van der Waals surface area contributed by atoms with E-state index in [1.54, 1.807) is 0 Å². The van der Waals surface area contributed by atoms with Gasteiger partial charge in [-0.3, -0.25) is 9.47 Å². The quantitative estimate of drug-likeness (QED) is 0.237. The summed E-state index contributed by atoms with van der Waals surface area (Å²) in [6.45, 7) is 0. The molecule has 0 aliphatic carbocycles. The number of anilines is 3. The highest BCUT2D eigenvalue weighted by Gasteiger charge is 2.21. The summed E-state index contributed by atoms with van der Waals surface area (Å²) in [5.74, 6) is 1.80. The minimum atomic E-state index is 0.891. The highest BCUT2D eigenvalue weighted by molar-refractivity contribution is 6.10. The number of hydrogen-bond acceptors (Lipinski definition) is 3. The van der Waals surface area contributed by atoms with Crippen LogP contribution in [-0.4, -0.2) is 14.5 Å². The van der Waals surface area contributed by atoms with Crippen LogP contribution in [0.1, 0.15) is 11.1 Å². The maximum absolute atomic E-state index is 4.74. The van der Waals surface area contributed by atoms with Crippen molar-refractivity contribution in [2.75, 3.05) is 4.90 Å². The summed E-state index contributed by atoms with van der Waals surface area (Å²) in [6.07, 6.45) is 8.09. The number of pyridine rings is 2. The molecule has 1 aliphatic rings. The van der Waals surface area contributed by atoms with Gasteiger partial charge in [0.15, 0.2) is 0 Å². The maximum atomic E-state index is 4.74. The van der Waals surface area contributed by atoms with E-state index in [1.165, 1.54) is 10.8 Å². The third-order valence-electron chi connectivity index (χ3n) is 7.66. The van der Waals surface area contributed by atoms with E-state index in [0.29, 0.717) is 0 Å². The first-order valence-electron chi connectivity index (χ1n) is 13.4. The van der Waals surface area contributed by atoms with Gasteiger partial charge >= 0.3 is 0 Å². The largest absolute Gasteiger partial charge is 0.294 e. The van der Waals surface area contributed by atoms with Crippen LogP contribution < -0.4 is 4.90 Å². The smallest absolute Gasteiger partial charge is 0.137 e. The van der Waals surface area contributed by atoms with Gasteiger partial charge in [-0.15, -0.1) is 0 Å². The first-order valence-corrected chi connectivity index (χ1v) is 13.4. The van der Waals surface area contributed by atoms with Gasteiger partial charge < -0.3 is 0 Å². The number of hydrogen-bond donors (Lipinski definition) is 0. The second-order valence-electron chi connectivity index (χ2n) is 9.96. The minimum absolute atomic E-state index is 0.891. The molecule has 0 atom stereocenters. The van der Waals surface area contributed by atoms with E-state index in [1.807, 2.05) is 36.7 Å². The molecule has 4 nitrogen and oxygen atoms in total. The van der Waals surface area contributed by atoms with E-state index in [0.717, 1.165) is 56.3 Å². The van der Waals surface area contributed by atoms with E-state index >= 15 is 0 Å². The molecule has 0 bridgehead atoms. The van der Waals surface area contributed by atoms with Crippen LogP contribution in [0.15, 0.2) is 134 Å². The molecule has 0 unspecified atom stereocenters. The van der Waals surface area contributed by atoms with Crippen LogP contribution in [0.5, 0.6) is 0 Å². The molecule has 40 heavy (non-hydrogen) atoms. The van der Waals surface area contributed by atoms with E-state index in [-0.39, 0.29) is 0 Å². The lowest BCUT2D eigenvalue weighted by molar-refractivity contribution is 1.08. The Morgan fingerprint density at radius 2 is 1.10 bits per heavy atom. The molecule has 3 aromatic heterocycles. The number of aromatic nitrogens is 3. The van der Waals surface area contributed by atoms with Gasteiger partial charge in [-0.2, -0.15) is 0 Å². The number of para-hydroxylation sites is 2. The predicted octanol–water partition coefficient (Wildman–Crippen LogP) is 9.19. The molecule has 1 aliphatic heterocycles. The fourth-order valence-corrected chi connectivity index (χ4v) is 5.82. The van der Waals surface area contributed by atoms with Gasteiger partial charge in [-0.1, -0.05) is 84.9 Å². The van der Waals surface area contributed by atoms with E-state index in [9.17, 15) is 0 Å². The standard InChI is InChI=1S/C36H24N4/c1-3-11-31-25(9-1)15-16-26-17-18-27(23-33(26)39(31)35-13-5-7-21-37-35)28-19-20-30-29-10-2-4-12-32(29)40(34(30)24-28)36-14-6-8-22-38-36/h1-24H. The Kier molecular flexibility index (Phi) is 5.10. The molecule has 0 radical (unpaired) electrons. The van der Waals surface area contributed by atoms with Crippen LogP contribution in [0.3, 0.4) is 0 Å². The molecule has 0 saturated heterocycles. The van der Waals surface area contributed by atoms with Crippen molar-refractivity contribution < 1.29 is 0 Å². The van der Waals surface area contributed by atoms with Gasteiger partial charge in [0.2, 0.25) is 0 Å². The van der Waals surface area contributed by atoms with Gasteiger partial charge in [0.05, 0.1) is 22.4 Å². The lowest BCUT2D eigenvalue weighted by atomic mass is 10.00. The van der Waals surface area contributed by atoms with Gasteiger partial charge in [-0.05, 0) is 70.8 Å². The second-order valence-corrected chi connectivity index (χ2v) is 9.96. The van der Waals surface area contributed by atoms with Crippen LogP contribution in [0.2, 0.25) is 0 Å². The molecule has 4 aromatic carbocycles. The van der Waals surface area contributed by atoms with Gasteiger partial charge in [-0.25, -0.2) is 9.97 Å². The zero-order valence-electron chi connectivity index (χ0n) is 21.6. The normalized spacial score (nSPS) is 12.3. The van der Waals surface area contributed by atoms with E-state index < -0.39 is 0 Å². The summed E-state index contributed by atoms with van der Waals surface area (Å²) >= 11 is 0. The van der Waals surface area contributed by atoms with Crippen LogP contribution in [-0.2, 0) is 0 Å². The molecule has 0 amide bonds. The molecule has 0 saturated carbocycles. The van der Waals surface area contributed by atoms with Crippen LogP contribution in [0.4, 0.5) is 17.2 Å². The summed E-state index contributed by atoms with van der Waals surface area (Å²) in [7, 11) is 0. The number of fused-ring (bicyclic) bond motifs is 5. The van der Waals surface area contributed by atoms with Crippen molar-refractivity contribution >= 4 is 51.2 Å². The van der Waals surface area contributed by atoms with E-state index in [4.69, 9.17) is 9.97 Å². The zero-order chi connectivity index (χ0) is 26.5. The van der Waals surface area contributed by atoms with Crippen molar-refractivity contribution in [3.63, 3.8) is 0 Å². The fourth-order valence-electron chi connectivity index (χ4n) is 5.82. The highest BCUT2D eigenvalue weighted by Crippen LogP contribution is 2.43. The molecular weight excluding hydrogens is 488 g/mol. The number of nitrogens with zero attached hydrogens (tertiary/aromatic N) is 4. The lowest BCUT2D eigenvalue weighted by Gasteiger charge is -2.26. The van der Waals surface area contributed by atoms with Crippen molar-refractivity contribution in [1.29, 1.82) is 0 Å². The summed E-state index contributed by atoms with van der Waals surface area (Å²) in [4.78, 5) is 11.7. The Morgan fingerprint density at radius 3 is 1.93 bits per heavy atom. The topological polar surface area (TPSA) is 34.0 Å². The monoisotopic (exact) mass is 512 g/mol. The molecule has 0 spiro atoms. The van der Waals surface area contributed by atoms with Crippen molar-refractivity contribution in [2.24, 2.45) is 0 Å². The molecule has 4 heteroatoms. The fraction of sp³-hybridized carbons (Fsp3) is 0. The van der Waals surface area contributed by atoms with Crippen molar-refractivity contribution in [2.45, 2.75) is 0 Å². The Bertz CT molecular complexity index is 2060. The first kappa shape index (κ1) is 22.5. The number of rotatable bonds is 3. The van der Waals surface area contributed by atoms with Crippen molar-refractivity contribution in [1.82, 2.24) is 14.5 Å². The third kappa shape index (κ3) is 3.54. The summed E-state index contributed by atoms with van der Waals surface area (Å²) in [5.41, 5.74) is 9.10. The zero-order valence-corrected chi connectivity index (χ0v) is 21.6. The molecule has 0 fully saturated rings. The first-order chi connectivity index (χ1) is 19.8. The molecule has 4 heterocycles. The summed E-state index contributed by atoms with van der Waals surface area (Å²) < 4.78 is 2.26. The van der Waals surface area contributed by atoms with Crippen LogP contribution in [0.25, 0.3) is 50.9 Å². The van der Waals surface area contributed by atoms with Crippen LogP contribution >= 0.6 is 0 Å². The average Bonchev–Trinajstić information content (AvgIpc) is 3.25. The lowest BCUT2D eigenvalue weighted by Crippen LogP contribution is -2.13. The SMILES string of the molecule is C1=Cc2ccc(-c3ccc4c5ccccc5n(-c5ccccn5)c4c3)cc2N(c2ccccn2)c2ccccc21. The molecule has 0 N–H and O–H groups in total. The minimum Gasteiger partial charge on any atom is -0.294 e. The molecule has 7 aromatic rings. The number of benzene rings is 4. The third-order valence-corrected chi connectivity index (χ3v) is 7.66. The second kappa shape index (κ2) is 9.07.